The highest BCUT2D eigenvalue weighted by molar-refractivity contribution is 7.89. The summed E-state index contributed by atoms with van der Waals surface area (Å²) in [5, 5.41) is 4.34. The highest BCUT2D eigenvalue weighted by atomic mass is 32.2. The quantitative estimate of drug-likeness (QED) is 0.504. The predicted octanol–water partition coefficient (Wildman–Crippen LogP) is 3.97. The summed E-state index contributed by atoms with van der Waals surface area (Å²) < 4.78 is 35.8. The van der Waals surface area contributed by atoms with E-state index >= 15 is 0 Å². The van der Waals surface area contributed by atoms with Crippen molar-refractivity contribution in [1.82, 2.24) is 19.0 Å². The number of hydrogen-bond acceptors (Lipinski definition) is 5. The first-order valence-corrected chi connectivity index (χ1v) is 14.2. The van der Waals surface area contributed by atoms with Crippen molar-refractivity contribution in [3.05, 3.63) is 71.4 Å². The third-order valence-corrected chi connectivity index (χ3v) is 10.0. The van der Waals surface area contributed by atoms with E-state index in [1.165, 1.54) is 32.5 Å². The maximum Gasteiger partial charge on any atom is 0.260 e. The highest BCUT2D eigenvalue weighted by Gasteiger charge is 2.50. The molecule has 0 radical (unpaired) electrons. The van der Waals surface area contributed by atoms with Crippen LogP contribution in [0.25, 0.3) is 11.1 Å². The Kier molecular flexibility index (Phi) is 7.05. The second kappa shape index (κ2) is 10.1. The first kappa shape index (κ1) is 25.1. The van der Waals surface area contributed by atoms with Crippen molar-refractivity contribution in [3.8, 4) is 11.1 Å². The molecule has 2 aliphatic rings. The summed E-state index contributed by atoms with van der Waals surface area (Å²) >= 11 is 0. The van der Waals surface area contributed by atoms with Crippen molar-refractivity contribution < 1.29 is 13.2 Å². The van der Waals surface area contributed by atoms with E-state index in [9.17, 15) is 8.42 Å². The van der Waals surface area contributed by atoms with Crippen molar-refractivity contribution >= 4 is 10.0 Å². The molecular formula is C28H36N4O3S. The van der Waals surface area contributed by atoms with Gasteiger partial charge >= 0.3 is 0 Å². The van der Waals surface area contributed by atoms with Gasteiger partial charge in [0.05, 0.1) is 12.8 Å². The molecule has 3 aromatic rings. The number of ether oxygens (including phenoxy) is 1. The first-order valence-electron chi connectivity index (χ1n) is 12.7. The standard InChI is InChI=1S/C28H36N4O3S/c1-20-8-7-9-24(21(20)2)22-10-12-23(13-11-22)28-25-18-31(36(33,34)27-14-15-29-30(27)3)16-5-6-17-32(25)26(28)19-35-4/h7-15,25-26,28H,5-6,16-19H2,1-4H3/t25-,26+,28-/m0/s1. The van der Waals surface area contributed by atoms with Gasteiger partial charge in [0.2, 0.25) is 0 Å². The molecule has 0 N–H and O–H groups in total. The Balaban J connectivity index is 1.45. The van der Waals surface area contributed by atoms with Crippen molar-refractivity contribution in [2.24, 2.45) is 7.05 Å². The summed E-state index contributed by atoms with van der Waals surface area (Å²) in [6.45, 7) is 6.92. The lowest BCUT2D eigenvalue weighted by atomic mass is 9.74. The lowest BCUT2D eigenvalue weighted by Crippen LogP contribution is -2.68. The van der Waals surface area contributed by atoms with Gasteiger partial charge in [0.1, 0.15) is 0 Å². The van der Waals surface area contributed by atoms with Crippen LogP contribution in [0.1, 0.15) is 35.4 Å². The molecule has 0 aliphatic carbocycles. The monoisotopic (exact) mass is 508 g/mol. The predicted molar refractivity (Wildman–Crippen MR) is 141 cm³/mol. The fourth-order valence-corrected chi connectivity index (χ4v) is 7.57. The number of nitrogens with zero attached hydrogens (tertiary/aromatic N) is 4. The van der Waals surface area contributed by atoms with E-state index in [0.29, 0.717) is 19.7 Å². The van der Waals surface area contributed by atoms with Gasteiger partial charge in [-0.3, -0.25) is 9.58 Å². The molecule has 2 aliphatic heterocycles. The Bertz CT molecular complexity index is 1320. The van der Waals surface area contributed by atoms with Crippen LogP contribution in [0.15, 0.2) is 59.8 Å². The maximum atomic E-state index is 13.5. The molecule has 2 aromatic carbocycles. The molecule has 8 heteroatoms. The molecule has 3 atom stereocenters. The number of hydrogen-bond donors (Lipinski definition) is 0. The number of sulfonamides is 1. The zero-order valence-corrected chi connectivity index (χ0v) is 22.4. The van der Waals surface area contributed by atoms with E-state index < -0.39 is 10.0 Å². The molecule has 2 fully saturated rings. The van der Waals surface area contributed by atoms with Gasteiger partial charge in [-0.15, -0.1) is 0 Å². The van der Waals surface area contributed by atoms with Gasteiger partial charge in [0, 0.05) is 45.2 Å². The van der Waals surface area contributed by atoms with Gasteiger partial charge < -0.3 is 4.74 Å². The molecule has 0 amide bonds. The summed E-state index contributed by atoms with van der Waals surface area (Å²) in [6.07, 6.45) is 3.35. The van der Waals surface area contributed by atoms with Crippen molar-refractivity contribution in [1.29, 1.82) is 0 Å². The van der Waals surface area contributed by atoms with Crippen LogP contribution in [-0.4, -0.2) is 72.8 Å². The third-order valence-electron chi connectivity index (χ3n) is 8.07. The second-order valence-electron chi connectivity index (χ2n) is 10.1. The normalized spacial score (nSPS) is 23.5. The minimum atomic E-state index is -3.62. The highest BCUT2D eigenvalue weighted by Crippen LogP contribution is 2.43. The Morgan fingerprint density at radius 1 is 1.03 bits per heavy atom. The number of methoxy groups -OCH3 is 1. The fraction of sp³-hybridized carbons (Fsp3) is 0.464. The zero-order chi connectivity index (χ0) is 25.4. The van der Waals surface area contributed by atoms with E-state index in [0.717, 1.165) is 19.4 Å². The summed E-state index contributed by atoms with van der Waals surface area (Å²) in [6, 6.07) is 17.2. The number of rotatable bonds is 6. The van der Waals surface area contributed by atoms with Crippen molar-refractivity contribution in [3.63, 3.8) is 0 Å². The van der Waals surface area contributed by atoms with Gasteiger partial charge in [0.15, 0.2) is 5.03 Å². The van der Waals surface area contributed by atoms with Gasteiger partial charge in [-0.1, -0.05) is 42.5 Å². The van der Waals surface area contributed by atoms with E-state index in [4.69, 9.17) is 4.74 Å². The topological polar surface area (TPSA) is 67.7 Å². The van der Waals surface area contributed by atoms with Crippen LogP contribution >= 0.6 is 0 Å². The summed E-state index contributed by atoms with van der Waals surface area (Å²) in [5.74, 6) is 0.208. The van der Waals surface area contributed by atoms with Crippen LogP contribution in [0.5, 0.6) is 0 Å². The zero-order valence-electron chi connectivity index (χ0n) is 21.6. The molecule has 0 unspecified atom stereocenters. The van der Waals surface area contributed by atoms with Gasteiger partial charge in [0.25, 0.3) is 10.0 Å². The van der Waals surface area contributed by atoms with E-state index in [-0.39, 0.29) is 23.0 Å². The van der Waals surface area contributed by atoms with E-state index in [1.54, 1.807) is 30.7 Å². The Morgan fingerprint density at radius 2 is 1.78 bits per heavy atom. The molecular weight excluding hydrogens is 472 g/mol. The molecule has 2 saturated heterocycles. The van der Waals surface area contributed by atoms with E-state index in [1.807, 2.05) is 0 Å². The molecule has 5 rings (SSSR count). The van der Waals surface area contributed by atoms with Crippen molar-refractivity contribution in [2.75, 3.05) is 33.4 Å². The lowest BCUT2D eigenvalue weighted by Gasteiger charge is -2.57. The molecule has 0 spiro atoms. The fourth-order valence-electron chi connectivity index (χ4n) is 5.97. The lowest BCUT2D eigenvalue weighted by molar-refractivity contribution is -0.0635. The third kappa shape index (κ3) is 4.41. The Morgan fingerprint density at radius 3 is 2.47 bits per heavy atom. The maximum absolute atomic E-state index is 13.5. The second-order valence-corrected chi connectivity index (χ2v) is 12.0. The number of fused-ring (bicyclic) bond motifs is 1. The number of aryl methyl sites for hydroxylation is 2. The van der Waals surface area contributed by atoms with Gasteiger partial charge in [-0.25, -0.2) is 8.42 Å². The van der Waals surface area contributed by atoms with Crippen LogP contribution in [-0.2, 0) is 21.8 Å². The smallest absolute Gasteiger partial charge is 0.260 e. The van der Waals surface area contributed by atoms with Gasteiger partial charge in [-0.05, 0) is 67.1 Å². The molecule has 0 saturated carbocycles. The molecule has 192 valence electrons. The average molecular weight is 509 g/mol. The molecule has 36 heavy (non-hydrogen) atoms. The molecule has 3 heterocycles. The van der Waals surface area contributed by atoms with Crippen LogP contribution in [0, 0.1) is 13.8 Å². The molecule has 0 bridgehead atoms. The Labute approximate surface area is 214 Å². The first-order chi connectivity index (χ1) is 17.3. The average Bonchev–Trinajstić information content (AvgIpc) is 3.29. The SMILES string of the molecule is COC[C@@H]1[C@@H](c2ccc(-c3cccc(C)c3C)cc2)[C@@H]2CN(S(=O)(=O)c3ccnn3C)CCCCN12. The van der Waals surface area contributed by atoms with E-state index in [2.05, 4.69) is 66.3 Å². The van der Waals surface area contributed by atoms with Crippen molar-refractivity contribution in [2.45, 2.75) is 49.7 Å². The minimum Gasteiger partial charge on any atom is -0.383 e. The summed E-state index contributed by atoms with van der Waals surface area (Å²) in [5.41, 5.74) is 6.29. The minimum absolute atomic E-state index is 0.111. The van der Waals surface area contributed by atoms with Crippen LogP contribution in [0.2, 0.25) is 0 Å². The number of benzene rings is 2. The number of aromatic nitrogens is 2. The largest absolute Gasteiger partial charge is 0.383 e. The van der Waals surface area contributed by atoms with Crippen LogP contribution in [0.3, 0.4) is 0 Å². The molecule has 1 aromatic heterocycles. The summed E-state index contributed by atoms with van der Waals surface area (Å²) in [4.78, 5) is 2.46. The molecule has 7 nitrogen and oxygen atoms in total. The van der Waals surface area contributed by atoms with Gasteiger partial charge in [-0.2, -0.15) is 9.40 Å². The summed E-state index contributed by atoms with van der Waals surface area (Å²) in [7, 11) is -0.193. The van der Waals surface area contributed by atoms with Crippen LogP contribution in [0.4, 0.5) is 0 Å². The Hall–Kier alpha value is -2.52. The van der Waals surface area contributed by atoms with Crippen LogP contribution < -0.4 is 0 Å².